The molecule has 4 aliphatic carbocycles. The van der Waals surface area contributed by atoms with Gasteiger partial charge in [-0.05, 0) is 153 Å². The van der Waals surface area contributed by atoms with Crippen LogP contribution in [0.2, 0.25) is 0 Å². The van der Waals surface area contributed by atoms with E-state index in [2.05, 4.69) is 19.1 Å². The molecule has 232 valence electrons. The van der Waals surface area contributed by atoms with E-state index in [0.29, 0.717) is 24.2 Å². The van der Waals surface area contributed by atoms with E-state index in [4.69, 9.17) is 14.2 Å². The first-order valence-corrected chi connectivity index (χ1v) is 17.0. The first-order valence-electron chi connectivity index (χ1n) is 15.8. The van der Waals surface area contributed by atoms with E-state index in [1.165, 1.54) is 32.1 Å². The zero-order valence-electron chi connectivity index (χ0n) is 25.4. The topological polar surface area (TPSA) is 85.2 Å². The highest BCUT2D eigenvalue weighted by Gasteiger charge is 2.57. The number of phenols is 2. The summed E-state index contributed by atoms with van der Waals surface area (Å²) in [6.07, 6.45) is 6.17. The summed E-state index contributed by atoms with van der Waals surface area (Å²) in [6, 6.07) is 30.1. The lowest BCUT2D eigenvalue weighted by Gasteiger charge is -2.59. The van der Waals surface area contributed by atoms with Crippen LogP contribution in [0.25, 0.3) is 0 Å². The number of aromatic hydroxyl groups is 2. The van der Waals surface area contributed by atoms with Crippen molar-refractivity contribution in [1.82, 2.24) is 0 Å². The number of hydrogen-bond acceptors (Lipinski definition) is 6. The number of rotatable bonds is 10. The number of benzene rings is 4. The van der Waals surface area contributed by atoms with E-state index in [9.17, 15) is 15.0 Å². The summed E-state index contributed by atoms with van der Waals surface area (Å²) >= 11 is 0. The van der Waals surface area contributed by atoms with Gasteiger partial charge in [-0.2, -0.15) is 0 Å². The third kappa shape index (κ3) is 6.36. The molecule has 6 nitrogen and oxygen atoms in total. The molecular formula is C38H39O6S+. The van der Waals surface area contributed by atoms with Gasteiger partial charge in [-0.15, -0.1) is 0 Å². The third-order valence-electron chi connectivity index (χ3n) is 9.98. The minimum Gasteiger partial charge on any atom is -0.508 e. The van der Waals surface area contributed by atoms with E-state index in [1.807, 2.05) is 60.7 Å². The Balaban J connectivity index is 0.931. The van der Waals surface area contributed by atoms with Gasteiger partial charge in [0.25, 0.3) is 0 Å². The number of carbonyl (C=O) groups is 1. The van der Waals surface area contributed by atoms with Crippen LogP contribution in [0, 0.1) is 23.7 Å². The van der Waals surface area contributed by atoms with E-state index >= 15 is 0 Å². The Kier molecular flexibility index (Phi) is 8.13. The van der Waals surface area contributed by atoms with Gasteiger partial charge in [-0.25, -0.2) is 4.79 Å². The van der Waals surface area contributed by atoms with Crippen molar-refractivity contribution in [3.8, 4) is 23.0 Å². The molecule has 0 saturated heterocycles. The van der Waals surface area contributed by atoms with E-state index < -0.39 is 10.9 Å². The average molecular weight is 624 g/mol. The minimum absolute atomic E-state index is 0.0833. The summed E-state index contributed by atoms with van der Waals surface area (Å²) < 4.78 is 18.0. The predicted molar refractivity (Wildman–Crippen MR) is 173 cm³/mol. The highest BCUT2D eigenvalue weighted by atomic mass is 32.2. The summed E-state index contributed by atoms with van der Waals surface area (Å²) in [5.74, 6) is 4.20. The number of phenolic OH excluding ortho intramolecular Hbond substituents is 2. The summed E-state index contributed by atoms with van der Waals surface area (Å²) in [6.45, 7) is 2.47. The second-order valence-corrected chi connectivity index (χ2v) is 15.0. The quantitative estimate of drug-likeness (QED) is 0.138. The van der Waals surface area contributed by atoms with Gasteiger partial charge in [0.05, 0.1) is 10.9 Å². The van der Waals surface area contributed by atoms with E-state index in [-0.39, 0.29) is 29.7 Å². The van der Waals surface area contributed by atoms with Gasteiger partial charge in [-0.1, -0.05) is 12.1 Å². The van der Waals surface area contributed by atoms with Crippen LogP contribution in [0.5, 0.6) is 23.0 Å². The molecular weight excluding hydrogens is 584 g/mol. The van der Waals surface area contributed by atoms with Crippen LogP contribution < -0.4 is 9.47 Å². The molecule has 2 N–H and O–H groups in total. The summed E-state index contributed by atoms with van der Waals surface area (Å²) in [4.78, 5) is 16.0. The monoisotopic (exact) mass is 623 g/mol. The number of esters is 1. The second-order valence-electron chi connectivity index (χ2n) is 12.9. The van der Waals surface area contributed by atoms with Crippen molar-refractivity contribution in [2.24, 2.45) is 23.7 Å². The van der Waals surface area contributed by atoms with Crippen molar-refractivity contribution in [3.05, 3.63) is 103 Å². The molecule has 0 radical (unpaired) electrons. The van der Waals surface area contributed by atoms with E-state index in [1.54, 1.807) is 24.3 Å². The van der Waals surface area contributed by atoms with Crippen molar-refractivity contribution in [2.45, 2.75) is 65.9 Å². The molecule has 0 spiro atoms. The average Bonchev–Trinajstić information content (AvgIpc) is 3.04. The normalized spacial score (nSPS) is 24.8. The van der Waals surface area contributed by atoms with Crippen LogP contribution >= 0.6 is 0 Å². The lowest BCUT2D eigenvalue weighted by molar-refractivity contribution is -0.204. The van der Waals surface area contributed by atoms with Crippen LogP contribution in [0.3, 0.4) is 0 Å². The number of ether oxygens (including phenoxy) is 3. The van der Waals surface area contributed by atoms with Crippen LogP contribution in [-0.4, -0.2) is 28.4 Å². The van der Waals surface area contributed by atoms with Gasteiger partial charge in [0.2, 0.25) is 0 Å². The summed E-state index contributed by atoms with van der Waals surface area (Å²) in [5, 5.41) is 19.6. The van der Waals surface area contributed by atoms with Crippen molar-refractivity contribution < 1.29 is 29.2 Å². The Hall–Kier alpha value is -4.10. The van der Waals surface area contributed by atoms with Crippen LogP contribution in [0.4, 0.5) is 0 Å². The Bertz CT molecular complexity index is 1540. The third-order valence-corrected chi connectivity index (χ3v) is 12.2. The van der Waals surface area contributed by atoms with Crippen molar-refractivity contribution in [1.29, 1.82) is 0 Å². The Morgan fingerprint density at radius 2 is 1.11 bits per heavy atom. The van der Waals surface area contributed by atoms with Gasteiger partial charge in [0, 0.05) is 0 Å². The molecule has 0 heterocycles. The van der Waals surface area contributed by atoms with Crippen LogP contribution in [0.1, 0.15) is 44.6 Å². The minimum atomic E-state index is -0.418. The maximum absolute atomic E-state index is 12.8. The molecule has 0 aromatic heterocycles. The Labute approximate surface area is 267 Å². The van der Waals surface area contributed by atoms with Crippen LogP contribution in [0.15, 0.2) is 112 Å². The number of carbonyl (C=O) groups excluding carboxylic acids is 1. The molecule has 4 aliphatic rings. The molecule has 4 fully saturated rings. The van der Waals surface area contributed by atoms with Gasteiger partial charge >= 0.3 is 5.97 Å². The standard InChI is InChI=1S/C38H38O6S/c1-38(28-19-26-18-27(21-28)22-29(38)20-26)44-37(41)24-43-32-8-2-25(3-9-32)23-42-33-10-16-36(17-11-33)45(34-12-4-30(39)5-13-34)35-14-6-31(40)7-15-35/h2-17,26-29H,18-24H2,1H3,(H-,39,40)/p+1. The SMILES string of the molecule is CC1(OC(=O)COc2ccc(COc3ccc([S+](c4ccc(O)cc4)c4ccc(O)cc4)cc3)cc2)C2CC3CC(C2)CC1C3. The van der Waals surface area contributed by atoms with E-state index in [0.717, 1.165) is 37.8 Å². The Morgan fingerprint density at radius 3 is 1.62 bits per heavy atom. The second kappa shape index (κ2) is 12.4. The summed E-state index contributed by atoms with van der Waals surface area (Å²) in [7, 11) is -0.418. The molecule has 7 heteroatoms. The fourth-order valence-corrected chi connectivity index (χ4v) is 9.84. The molecule has 4 bridgehead atoms. The number of hydrogen-bond donors (Lipinski definition) is 2. The van der Waals surface area contributed by atoms with Gasteiger partial charge in [0.1, 0.15) is 35.2 Å². The zero-order valence-corrected chi connectivity index (χ0v) is 26.2. The van der Waals surface area contributed by atoms with Gasteiger partial charge in [0.15, 0.2) is 21.3 Å². The molecule has 0 amide bonds. The molecule has 4 aromatic carbocycles. The Morgan fingerprint density at radius 1 is 0.667 bits per heavy atom. The molecule has 0 aliphatic heterocycles. The molecule has 4 saturated carbocycles. The highest BCUT2D eigenvalue weighted by molar-refractivity contribution is 7.97. The zero-order chi connectivity index (χ0) is 31.0. The molecule has 45 heavy (non-hydrogen) atoms. The molecule has 0 atom stereocenters. The largest absolute Gasteiger partial charge is 0.508 e. The van der Waals surface area contributed by atoms with Crippen LogP contribution in [-0.2, 0) is 27.0 Å². The lowest BCUT2D eigenvalue weighted by Crippen LogP contribution is -2.58. The maximum atomic E-state index is 12.8. The molecule has 4 aromatic rings. The highest BCUT2D eigenvalue weighted by Crippen LogP contribution is 2.59. The molecule has 0 unspecified atom stereocenters. The van der Waals surface area contributed by atoms with Gasteiger partial charge < -0.3 is 24.4 Å². The predicted octanol–water partition coefficient (Wildman–Crippen LogP) is 7.91. The van der Waals surface area contributed by atoms with Gasteiger partial charge in [-0.3, -0.25) is 0 Å². The van der Waals surface area contributed by atoms with Crippen molar-refractivity contribution in [3.63, 3.8) is 0 Å². The first kappa shape index (κ1) is 29.6. The van der Waals surface area contributed by atoms with Crippen molar-refractivity contribution in [2.75, 3.05) is 6.61 Å². The lowest BCUT2D eigenvalue weighted by atomic mass is 9.50. The molecule has 8 rings (SSSR count). The fourth-order valence-electron chi connectivity index (χ4n) is 7.80. The summed E-state index contributed by atoms with van der Waals surface area (Å²) in [5.41, 5.74) is 0.647. The first-order chi connectivity index (χ1) is 21.8. The van der Waals surface area contributed by atoms with Crippen molar-refractivity contribution >= 4 is 16.9 Å². The smallest absolute Gasteiger partial charge is 0.344 e. The maximum Gasteiger partial charge on any atom is 0.344 e. The fraction of sp³-hybridized carbons (Fsp3) is 0.342.